The second kappa shape index (κ2) is 5.03. The van der Waals surface area contributed by atoms with Gasteiger partial charge in [0.15, 0.2) is 0 Å². The van der Waals surface area contributed by atoms with Gasteiger partial charge in [0, 0.05) is 24.8 Å². The Morgan fingerprint density at radius 1 is 1.47 bits per heavy atom. The summed E-state index contributed by atoms with van der Waals surface area (Å²) in [5.41, 5.74) is 0. The van der Waals surface area contributed by atoms with E-state index in [0.29, 0.717) is 17.9 Å². The third-order valence-corrected chi connectivity index (χ3v) is 3.56. The minimum absolute atomic E-state index is 0.103. The molecule has 102 valence electrons. The van der Waals surface area contributed by atoms with Gasteiger partial charge in [-0.2, -0.15) is 4.98 Å². The maximum Gasteiger partial charge on any atom is 0.243 e. The van der Waals surface area contributed by atoms with Crippen LogP contribution in [0.1, 0.15) is 25.7 Å². The Balaban J connectivity index is 1.75. The molecule has 1 aliphatic carbocycles. The summed E-state index contributed by atoms with van der Waals surface area (Å²) in [6, 6.07) is 1.95. The van der Waals surface area contributed by atoms with Gasteiger partial charge < -0.3 is 15.0 Å². The third kappa shape index (κ3) is 2.62. The maximum absolute atomic E-state index is 12.2. The van der Waals surface area contributed by atoms with Crippen molar-refractivity contribution in [1.29, 1.82) is 0 Å². The largest absolute Gasteiger partial charge is 0.481 e. The van der Waals surface area contributed by atoms with Crippen molar-refractivity contribution < 1.29 is 9.53 Å². The summed E-state index contributed by atoms with van der Waals surface area (Å²) in [5.74, 6) is 1.21. The van der Waals surface area contributed by atoms with Crippen LogP contribution >= 0.6 is 0 Å². The molecule has 1 aromatic rings. The second-order valence-electron chi connectivity index (χ2n) is 5.03. The van der Waals surface area contributed by atoms with Gasteiger partial charge in [-0.3, -0.25) is 4.79 Å². The molecule has 3 rings (SSSR count). The predicted molar refractivity (Wildman–Crippen MR) is 70.1 cm³/mol. The Labute approximate surface area is 112 Å². The molecule has 0 aromatic carbocycles. The van der Waals surface area contributed by atoms with E-state index in [1.54, 1.807) is 19.4 Å². The van der Waals surface area contributed by atoms with Crippen LogP contribution in [-0.4, -0.2) is 41.6 Å². The van der Waals surface area contributed by atoms with Gasteiger partial charge in [0.05, 0.1) is 7.11 Å². The van der Waals surface area contributed by atoms with Crippen LogP contribution in [0.2, 0.25) is 0 Å². The molecule has 0 unspecified atom stereocenters. The van der Waals surface area contributed by atoms with E-state index in [9.17, 15) is 4.79 Å². The van der Waals surface area contributed by atoms with Crippen molar-refractivity contribution in [1.82, 2.24) is 15.3 Å². The number of ether oxygens (including phenoxy) is 1. The van der Waals surface area contributed by atoms with E-state index in [0.717, 1.165) is 32.2 Å². The van der Waals surface area contributed by atoms with Crippen LogP contribution in [0.15, 0.2) is 12.3 Å². The minimum atomic E-state index is -0.146. The zero-order chi connectivity index (χ0) is 13.2. The minimum Gasteiger partial charge on any atom is -0.481 e. The number of hydrogen-bond acceptors (Lipinski definition) is 5. The van der Waals surface area contributed by atoms with Crippen molar-refractivity contribution in [2.75, 3.05) is 18.6 Å². The number of aromatic nitrogens is 2. The predicted octanol–water partition coefficient (Wildman–Crippen LogP) is 0.733. The highest BCUT2D eigenvalue weighted by molar-refractivity contribution is 5.85. The lowest BCUT2D eigenvalue weighted by molar-refractivity contribution is -0.122. The van der Waals surface area contributed by atoms with Crippen LogP contribution in [-0.2, 0) is 4.79 Å². The molecule has 2 fully saturated rings. The molecule has 6 nitrogen and oxygen atoms in total. The second-order valence-corrected chi connectivity index (χ2v) is 5.03. The monoisotopic (exact) mass is 262 g/mol. The van der Waals surface area contributed by atoms with E-state index in [-0.39, 0.29) is 11.9 Å². The van der Waals surface area contributed by atoms with E-state index in [1.165, 1.54) is 0 Å². The van der Waals surface area contributed by atoms with Crippen LogP contribution in [0.3, 0.4) is 0 Å². The molecule has 0 bridgehead atoms. The fourth-order valence-corrected chi connectivity index (χ4v) is 2.39. The lowest BCUT2D eigenvalue weighted by atomic mass is 10.2. The van der Waals surface area contributed by atoms with Crippen molar-refractivity contribution in [3.05, 3.63) is 12.3 Å². The number of nitrogens with zero attached hydrogens (tertiary/aromatic N) is 3. The first kappa shape index (κ1) is 12.2. The summed E-state index contributed by atoms with van der Waals surface area (Å²) >= 11 is 0. The quantitative estimate of drug-likeness (QED) is 0.866. The molecule has 2 heterocycles. The van der Waals surface area contributed by atoms with E-state index in [2.05, 4.69) is 15.3 Å². The highest BCUT2D eigenvalue weighted by atomic mass is 16.5. The number of hydrogen-bond donors (Lipinski definition) is 1. The van der Waals surface area contributed by atoms with Gasteiger partial charge in [-0.05, 0) is 25.7 Å². The molecular weight excluding hydrogens is 244 g/mol. The lowest BCUT2D eigenvalue weighted by Gasteiger charge is -2.23. The summed E-state index contributed by atoms with van der Waals surface area (Å²) in [5, 5.41) is 3.06. The Morgan fingerprint density at radius 2 is 2.32 bits per heavy atom. The molecule has 1 N–H and O–H groups in total. The Bertz CT molecular complexity index is 475. The first-order valence-electron chi connectivity index (χ1n) is 6.72. The van der Waals surface area contributed by atoms with Gasteiger partial charge in [-0.1, -0.05) is 0 Å². The van der Waals surface area contributed by atoms with Gasteiger partial charge in [0.25, 0.3) is 0 Å². The fraction of sp³-hybridized carbons (Fsp3) is 0.615. The van der Waals surface area contributed by atoms with Gasteiger partial charge in [-0.25, -0.2) is 4.98 Å². The first-order chi connectivity index (χ1) is 9.28. The molecular formula is C13H18N4O2. The van der Waals surface area contributed by atoms with Crippen LogP contribution in [0.25, 0.3) is 0 Å². The number of anilines is 1. The maximum atomic E-state index is 12.2. The Hall–Kier alpha value is -1.85. The summed E-state index contributed by atoms with van der Waals surface area (Å²) < 4.78 is 5.11. The molecule has 1 amide bonds. The zero-order valence-electron chi connectivity index (χ0n) is 11.0. The molecule has 19 heavy (non-hydrogen) atoms. The molecule has 1 aromatic heterocycles. The summed E-state index contributed by atoms with van der Waals surface area (Å²) in [6.45, 7) is 0.815. The molecule has 1 aliphatic heterocycles. The van der Waals surface area contributed by atoms with Crippen molar-refractivity contribution in [2.45, 2.75) is 37.8 Å². The number of carbonyl (C=O) groups excluding carboxylic acids is 1. The smallest absolute Gasteiger partial charge is 0.243 e. The van der Waals surface area contributed by atoms with Crippen molar-refractivity contribution in [2.24, 2.45) is 0 Å². The SMILES string of the molecule is COc1ccnc(N2CCC[C@H]2C(=O)NC2CC2)n1. The highest BCUT2D eigenvalue weighted by Crippen LogP contribution is 2.25. The number of carbonyl (C=O) groups is 1. The third-order valence-electron chi connectivity index (χ3n) is 3.56. The van der Waals surface area contributed by atoms with E-state index in [1.807, 2.05) is 4.90 Å². The molecule has 1 saturated heterocycles. The Kier molecular flexibility index (Phi) is 3.23. The van der Waals surface area contributed by atoms with E-state index in [4.69, 9.17) is 4.74 Å². The average Bonchev–Trinajstić information content (AvgIpc) is 3.11. The Morgan fingerprint density at radius 3 is 3.05 bits per heavy atom. The van der Waals surface area contributed by atoms with E-state index >= 15 is 0 Å². The molecule has 6 heteroatoms. The van der Waals surface area contributed by atoms with Crippen LogP contribution in [0, 0.1) is 0 Å². The highest BCUT2D eigenvalue weighted by Gasteiger charge is 2.35. The van der Waals surface area contributed by atoms with E-state index < -0.39 is 0 Å². The summed E-state index contributed by atoms with van der Waals surface area (Å²) in [7, 11) is 1.58. The lowest BCUT2D eigenvalue weighted by Crippen LogP contribution is -2.44. The molecule has 0 spiro atoms. The van der Waals surface area contributed by atoms with Crippen LogP contribution in [0.4, 0.5) is 5.95 Å². The number of methoxy groups -OCH3 is 1. The topological polar surface area (TPSA) is 67.3 Å². The zero-order valence-corrected chi connectivity index (χ0v) is 11.0. The van der Waals surface area contributed by atoms with Crippen LogP contribution < -0.4 is 15.0 Å². The van der Waals surface area contributed by atoms with Gasteiger partial charge in [0.1, 0.15) is 6.04 Å². The standard InChI is InChI=1S/C13H18N4O2/c1-19-11-6-7-14-13(16-11)17-8-2-3-10(17)12(18)15-9-4-5-9/h6-7,9-10H,2-5,8H2,1H3,(H,15,18)/t10-/m0/s1. The fourth-order valence-electron chi connectivity index (χ4n) is 2.39. The molecule has 1 saturated carbocycles. The van der Waals surface area contributed by atoms with Crippen LogP contribution in [0.5, 0.6) is 5.88 Å². The number of rotatable bonds is 4. The van der Waals surface area contributed by atoms with Crippen molar-refractivity contribution in [3.8, 4) is 5.88 Å². The number of nitrogens with one attached hydrogen (secondary N) is 1. The molecule has 0 radical (unpaired) electrons. The first-order valence-corrected chi connectivity index (χ1v) is 6.72. The molecule has 2 aliphatic rings. The molecule has 1 atom stereocenters. The van der Waals surface area contributed by atoms with Gasteiger partial charge in [0.2, 0.25) is 17.7 Å². The number of amides is 1. The van der Waals surface area contributed by atoms with Gasteiger partial charge in [-0.15, -0.1) is 0 Å². The van der Waals surface area contributed by atoms with Gasteiger partial charge >= 0.3 is 0 Å². The summed E-state index contributed by atoms with van der Waals surface area (Å²) in [4.78, 5) is 22.7. The average molecular weight is 262 g/mol. The summed E-state index contributed by atoms with van der Waals surface area (Å²) in [6.07, 6.45) is 5.72. The normalized spacial score (nSPS) is 22.4. The van der Waals surface area contributed by atoms with Crippen molar-refractivity contribution >= 4 is 11.9 Å². The van der Waals surface area contributed by atoms with Crippen molar-refractivity contribution in [3.63, 3.8) is 0 Å².